The van der Waals surface area contributed by atoms with Crippen LogP contribution in [0.15, 0.2) is 48.5 Å². The van der Waals surface area contributed by atoms with E-state index in [0.29, 0.717) is 0 Å². The Balaban J connectivity index is 1.89. The predicted molar refractivity (Wildman–Crippen MR) is 95.5 cm³/mol. The molecule has 7 heteroatoms. The molecule has 3 N–H and O–H groups in total. The Kier molecular flexibility index (Phi) is 6.80. The Hall–Kier alpha value is -2.80. The highest BCUT2D eigenvalue weighted by atomic mass is 19.1. The average molecular weight is 361 g/mol. The minimum atomic E-state index is -0.815. The van der Waals surface area contributed by atoms with Crippen LogP contribution in [0.4, 0.5) is 19.3 Å². The summed E-state index contributed by atoms with van der Waals surface area (Å²) in [4.78, 5) is 23.7. The Morgan fingerprint density at radius 3 is 2.27 bits per heavy atom. The molecule has 0 heterocycles. The zero-order valence-corrected chi connectivity index (χ0v) is 14.6. The molecule has 0 spiro atoms. The van der Waals surface area contributed by atoms with Gasteiger partial charge in [-0.2, -0.15) is 0 Å². The molecule has 0 aliphatic heterocycles. The van der Waals surface area contributed by atoms with Gasteiger partial charge in [-0.05, 0) is 35.7 Å². The van der Waals surface area contributed by atoms with E-state index in [9.17, 15) is 18.4 Å². The van der Waals surface area contributed by atoms with Crippen LogP contribution in [-0.2, 0) is 4.79 Å². The molecule has 138 valence electrons. The molecule has 1 atom stereocenters. The molecule has 0 aliphatic rings. The van der Waals surface area contributed by atoms with Crippen molar-refractivity contribution in [2.45, 2.75) is 19.9 Å². The molecule has 0 saturated heterocycles. The topological polar surface area (TPSA) is 70.2 Å². The van der Waals surface area contributed by atoms with Gasteiger partial charge in [0, 0.05) is 6.04 Å². The van der Waals surface area contributed by atoms with Gasteiger partial charge in [0.15, 0.2) is 0 Å². The lowest BCUT2D eigenvalue weighted by Crippen LogP contribution is -2.41. The Bertz CT molecular complexity index is 764. The van der Waals surface area contributed by atoms with E-state index < -0.39 is 17.8 Å². The largest absolute Gasteiger partial charge is 0.326 e. The molecule has 26 heavy (non-hydrogen) atoms. The Labute approximate surface area is 150 Å². The Morgan fingerprint density at radius 2 is 1.65 bits per heavy atom. The van der Waals surface area contributed by atoms with Gasteiger partial charge < -0.3 is 10.6 Å². The third kappa shape index (κ3) is 5.63. The molecular formula is C19H21F2N3O2. The molecule has 0 saturated carbocycles. The summed E-state index contributed by atoms with van der Waals surface area (Å²) in [6, 6.07) is 10.7. The van der Waals surface area contributed by atoms with E-state index in [4.69, 9.17) is 0 Å². The van der Waals surface area contributed by atoms with Crippen molar-refractivity contribution in [2.75, 3.05) is 11.9 Å². The monoisotopic (exact) mass is 361 g/mol. The van der Waals surface area contributed by atoms with Gasteiger partial charge in [0.1, 0.15) is 11.6 Å². The van der Waals surface area contributed by atoms with Crippen molar-refractivity contribution in [1.82, 2.24) is 10.6 Å². The third-order valence-corrected chi connectivity index (χ3v) is 3.75. The number of halogens is 2. The number of para-hydroxylation sites is 1. The van der Waals surface area contributed by atoms with Gasteiger partial charge in [0.2, 0.25) is 5.91 Å². The first-order valence-electron chi connectivity index (χ1n) is 8.21. The number of benzene rings is 2. The molecule has 0 radical (unpaired) electrons. The highest BCUT2D eigenvalue weighted by Gasteiger charge is 2.17. The molecule has 3 amide bonds. The summed E-state index contributed by atoms with van der Waals surface area (Å²) in [5, 5.41) is 7.45. The number of urea groups is 1. The molecule has 0 bridgehead atoms. The minimum absolute atomic E-state index is 0.0165. The highest BCUT2D eigenvalue weighted by molar-refractivity contribution is 6.01. The van der Waals surface area contributed by atoms with E-state index in [-0.39, 0.29) is 30.0 Å². The first-order valence-corrected chi connectivity index (χ1v) is 8.21. The van der Waals surface area contributed by atoms with Crippen molar-refractivity contribution in [3.8, 4) is 0 Å². The van der Waals surface area contributed by atoms with Gasteiger partial charge in [-0.25, -0.2) is 13.6 Å². The minimum Gasteiger partial charge on any atom is -0.305 e. The van der Waals surface area contributed by atoms with Crippen molar-refractivity contribution in [2.24, 2.45) is 5.92 Å². The molecule has 0 aliphatic carbocycles. The number of hydrogen-bond donors (Lipinski definition) is 3. The highest BCUT2D eigenvalue weighted by Crippen LogP contribution is 2.21. The number of anilines is 1. The molecular weight excluding hydrogens is 340 g/mol. The summed E-state index contributed by atoms with van der Waals surface area (Å²) >= 11 is 0. The third-order valence-electron chi connectivity index (χ3n) is 3.75. The van der Waals surface area contributed by atoms with Crippen molar-refractivity contribution >= 4 is 17.6 Å². The lowest BCUT2D eigenvalue weighted by molar-refractivity contribution is -0.119. The smallest absolute Gasteiger partial charge is 0.305 e. The van der Waals surface area contributed by atoms with Gasteiger partial charge in [-0.15, -0.1) is 0 Å². The first kappa shape index (κ1) is 19.5. The van der Waals surface area contributed by atoms with E-state index in [2.05, 4.69) is 16.0 Å². The fourth-order valence-corrected chi connectivity index (χ4v) is 2.50. The summed E-state index contributed by atoms with van der Waals surface area (Å²) in [6.45, 7) is 3.80. The van der Waals surface area contributed by atoms with Crippen molar-refractivity contribution in [3.05, 3.63) is 65.7 Å². The summed E-state index contributed by atoms with van der Waals surface area (Å²) < 4.78 is 26.5. The van der Waals surface area contributed by atoms with Gasteiger partial charge in [0.25, 0.3) is 0 Å². The second kappa shape index (κ2) is 9.05. The second-order valence-electron chi connectivity index (χ2n) is 6.14. The quantitative estimate of drug-likeness (QED) is 0.736. The summed E-state index contributed by atoms with van der Waals surface area (Å²) in [7, 11) is 0. The number of carbonyl (C=O) groups is 2. The number of hydrogen-bond acceptors (Lipinski definition) is 3. The van der Waals surface area contributed by atoms with E-state index in [1.54, 1.807) is 18.2 Å². The van der Waals surface area contributed by atoms with Crippen LogP contribution in [0, 0.1) is 17.6 Å². The van der Waals surface area contributed by atoms with Crippen LogP contribution < -0.4 is 16.0 Å². The molecule has 2 aromatic carbocycles. The van der Waals surface area contributed by atoms with E-state index in [1.807, 2.05) is 13.8 Å². The fraction of sp³-hybridized carbons (Fsp3) is 0.263. The number of nitrogens with one attached hydrogen (secondary N) is 3. The molecule has 2 rings (SSSR count). The normalized spacial score (nSPS) is 11.9. The predicted octanol–water partition coefficient (Wildman–Crippen LogP) is 3.60. The van der Waals surface area contributed by atoms with Crippen LogP contribution in [0.1, 0.15) is 25.5 Å². The maximum Gasteiger partial charge on any atom is 0.326 e. The van der Waals surface area contributed by atoms with E-state index >= 15 is 0 Å². The van der Waals surface area contributed by atoms with Crippen LogP contribution in [-0.4, -0.2) is 18.5 Å². The molecule has 5 nitrogen and oxygen atoms in total. The standard InChI is InChI=1S/C19H21F2N3O2/c1-12(2)18(13-7-9-14(20)10-8-13)22-11-17(25)24-19(26)23-16-6-4-3-5-15(16)21/h3-10,12,18,22H,11H2,1-2H3,(H2,23,24,25,26). The first-order chi connectivity index (χ1) is 12.4. The number of imide groups is 1. The summed E-state index contributed by atoms with van der Waals surface area (Å²) in [6.07, 6.45) is 0. The second-order valence-corrected chi connectivity index (χ2v) is 6.14. The number of rotatable bonds is 6. The lowest BCUT2D eigenvalue weighted by Gasteiger charge is -2.22. The maximum absolute atomic E-state index is 13.5. The van der Waals surface area contributed by atoms with E-state index in [0.717, 1.165) is 5.56 Å². The Morgan fingerprint density at radius 1 is 1.00 bits per heavy atom. The van der Waals surface area contributed by atoms with Crippen molar-refractivity contribution in [3.63, 3.8) is 0 Å². The molecule has 1 unspecified atom stereocenters. The maximum atomic E-state index is 13.5. The van der Waals surface area contributed by atoms with Crippen LogP contribution in [0.2, 0.25) is 0 Å². The average Bonchev–Trinajstić information content (AvgIpc) is 2.58. The zero-order valence-electron chi connectivity index (χ0n) is 14.6. The van der Waals surface area contributed by atoms with Gasteiger partial charge in [0.05, 0.1) is 12.2 Å². The van der Waals surface area contributed by atoms with Gasteiger partial charge in [-0.3, -0.25) is 10.1 Å². The van der Waals surface area contributed by atoms with Gasteiger partial charge >= 0.3 is 6.03 Å². The lowest BCUT2D eigenvalue weighted by atomic mass is 9.96. The van der Waals surface area contributed by atoms with Crippen LogP contribution in [0.25, 0.3) is 0 Å². The molecule has 2 aromatic rings. The van der Waals surface area contributed by atoms with E-state index in [1.165, 1.54) is 30.3 Å². The van der Waals surface area contributed by atoms with Crippen LogP contribution in [0.3, 0.4) is 0 Å². The van der Waals surface area contributed by atoms with Crippen molar-refractivity contribution < 1.29 is 18.4 Å². The summed E-state index contributed by atoms with van der Waals surface area (Å²) in [5.41, 5.74) is 0.821. The van der Waals surface area contributed by atoms with Crippen LogP contribution in [0.5, 0.6) is 0 Å². The van der Waals surface area contributed by atoms with Crippen LogP contribution >= 0.6 is 0 Å². The van der Waals surface area contributed by atoms with Gasteiger partial charge in [-0.1, -0.05) is 38.1 Å². The summed E-state index contributed by atoms with van der Waals surface area (Å²) in [5.74, 6) is -1.35. The number of amides is 3. The SMILES string of the molecule is CC(C)C(NCC(=O)NC(=O)Nc1ccccc1F)c1ccc(F)cc1. The van der Waals surface area contributed by atoms with Crippen molar-refractivity contribution in [1.29, 1.82) is 0 Å². The number of carbonyl (C=O) groups excluding carboxylic acids is 2. The zero-order chi connectivity index (χ0) is 19.1. The fourth-order valence-electron chi connectivity index (χ4n) is 2.50. The molecule has 0 aromatic heterocycles. The molecule has 0 fully saturated rings.